The molecule has 0 radical (unpaired) electrons. The summed E-state index contributed by atoms with van der Waals surface area (Å²) in [6, 6.07) is 3.52. The number of methoxy groups -OCH3 is 1. The summed E-state index contributed by atoms with van der Waals surface area (Å²) in [4.78, 5) is 35.1. The number of thiophene rings is 1. The van der Waals surface area contributed by atoms with Crippen molar-refractivity contribution in [3.05, 3.63) is 21.9 Å². The van der Waals surface area contributed by atoms with Gasteiger partial charge in [0.25, 0.3) is 0 Å². The predicted molar refractivity (Wildman–Crippen MR) is 59.7 cm³/mol. The molecule has 4 nitrogen and oxygen atoms in total. The van der Waals surface area contributed by atoms with Crippen LogP contribution in [0.5, 0.6) is 0 Å². The molecule has 1 aromatic rings. The number of carbonyl (C=O) groups is 3. The van der Waals surface area contributed by atoms with Gasteiger partial charge < -0.3 is 4.74 Å². The molecule has 0 unspecified atom stereocenters. The van der Waals surface area contributed by atoms with Crippen molar-refractivity contribution in [3.8, 4) is 0 Å². The molecule has 1 rings (SSSR count). The second kappa shape index (κ2) is 5.55. The van der Waals surface area contributed by atoms with Gasteiger partial charge in [0.2, 0.25) is 5.78 Å². The minimum Gasteiger partial charge on any atom is -0.463 e. The van der Waals surface area contributed by atoms with Crippen LogP contribution < -0.4 is 0 Å². The number of hydrogen-bond donors (Lipinski definition) is 0. The Hall–Kier alpha value is -1.49. The first kappa shape index (κ1) is 12.6. The minimum absolute atomic E-state index is 0.333. The van der Waals surface area contributed by atoms with Crippen molar-refractivity contribution in [1.29, 1.82) is 0 Å². The quantitative estimate of drug-likeness (QED) is 0.339. The molecule has 16 heavy (non-hydrogen) atoms. The Morgan fingerprint density at radius 1 is 1.31 bits per heavy atom. The first-order valence-electron chi connectivity index (χ1n) is 4.81. The molecule has 0 saturated heterocycles. The molecule has 0 amide bonds. The molecular formula is C11H12O4S. The van der Waals surface area contributed by atoms with Crippen molar-refractivity contribution in [2.24, 2.45) is 0 Å². The molecule has 0 saturated carbocycles. The Kier molecular flexibility index (Phi) is 4.37. The second-order valence-corrected chi connectivity index (χ2v) is 4.30. The van der Waals surface area contributed by atoms with Gasteiger partial charge in [0.05, 0.1) is 18.4 Å². The van der Waals surface area contributed by atoms with Gasteiger partial charge in [0.1, 0.15) is 0 Å². The summed E-state index contributed by atoms with van der Waals surface area (Å²) in [6.45, 7) is 1.99. The second-order valence-electron chi connectivity index (χ2n) is 3.13. The van der Waals surface area contributed by atoms with Crippen LogP contribution in [0.1, 0.15) is 27.9 Å². The van der Waals surface area contributed by atoms with Gasteiger partial charge >= 0.3 is 5.97 Å². The average Bonchev–Trinajstić information content (AvgIpc) is 2.76. The number of carbonyl (C=O) groups excluding carboxylic acids is 3. The fourth-order valence-corrected chi connectivity index (χ4v) is 2.02. The van der Waals surface area contributed by atoms with Crippen molar-refractivity contribution in [1.82, 2.24) is 0 Å². The molecule has 0 aliphatic heterocycles. The highest BCUT2D eigenvalue weighted by molar-refractivity contribution is 7.14. The number of esters is 1. The zero-order chi connectivity index (χ0) is 12.1. The number of hydrogen-bond acceptors (Lipinski definition) is 5. The van der Waals surface area contributed by atoms with E-state index in [-0.39, 0.29) is 5.78 Å². The predicted octanol–water partition coefficient (Wildman–Crippen LogP) is 1.63. The number of Topliss-reactive ketones (excluding diaryl/α,β-unsaturated/α-hetero) is 2. The highest BCUT2D eigenvalue weighted by Crippen LogP contribution is 2.18. The zero-order valence-corrected chi connectivity index (χ0v) is 9.93. The fourth-order valence-electron chi connectivity index (χ4n) is 1.14. The first-order valence-corrected chi connectivity index (χ1v) is 5.63. The lowest BCUT2D eigenvalue weighted by atomic mass is 10.2. The van der Waals surface area contributed by atoms with Crippen LogP contribution in [0.15, 0.2) is 12.1 Å². The van der Waals surface area contributed by atoms with Gasteiger partial charge in [0.15, 0.2) is 5.78 Å². The zero-order valence-electron chi connectivity index (χ0n) is 9.11. The van der Waals surface area contributed by atoms with E-state index in [4.69, 9.17) is 0 Å². The summed E-state index contributed by atoms with van der Waals surface area (Å²) in [5.74, 6) is -2.11. The molecule has 1 aromatic heterocycles. The normalized spacial score (nSPS) is 9.88. The van der Waals surface area contributed by atoms with Crippen molar-refractivity contribution in [2.45, 2.75) is 19.8 Å². The largest absolute Gasteiger partial charge is 0.463 e. The molecule has 0 aliphatic rings. The third kappa shape index (κ3) is 3.00. The van der Waals surface area contributed by atoms with Gasteiger partial charge in [0, 0.05) is 4.88 Å². The van der Waals surface area contributed by atoms with E-state index in [1.165, 1.54) is 11.3 Å². The van der Waals surface area contributed by atoms with E-state index in [2.05, 4.69) is 4.74 Å². The summed E-state index contributed by atoms with van der Waals surface area (Å²) in [7, 11) is 1.12. The SMILES string of the molecule is CCc1ccc(C(=O)CC(=O)C(=O)OC)s1. The smallest absolute Gasteiger partial charge is 0.374 e. The lowest BCUT2D eigenvalue weighted by Gasteiger charge is -1.96. The highest BCUT2D eigenvalue weighted by atomic mass is 32.1. The van der Waals surface area contributed by atoms with Gasteiger partial charge in [-0.1, -0.05) is 6.92 Å². The van der Waals surface area contributed by atoms with Gasteiger partial charge in [-0.15, -0.1) is 11.3 Å². The topological polar surface area (TPSA) is 60.4 Å². The van der Waals surface area contributed by atoms with Crippen LogP contribution in [0.3, 0.4) is 0 Å². The van der Waals surface area contributed by atoms with E-state index in [9.17, 15) is 14.4 Å². The van der Waals surface area contributed by atoms with Crippen LogP contribution >= 0.6 is 11.3 Å². The van der Waals surface area contributed by atoms with Gasteiger partial charge in [-0.3, -0.25) is 9.59 Å². The number of aryl methyl sites for hydroxylation is 1. The summed E-state index contributed by atoms with van der Waals surface area (Å²) in [6.07, 6.45) is 0.430. The number of rotatable bonds is 5. The van der Waals surface area contributed by atoms with E-state index in [0.717, 1.165) is 18.4 Å². The molecule has 86 valence electrons. The van der Waals surface area contributed by atoms with Crippen molar-refractivity contribution in [3.63, 3.8) is 0 Å². The molecule has 5 heteroatoms. The lowest BCUT2D eigenvalue weighted by molar-refractivity contribution is -0.151. The van der Waals surface area contributed by atoms with Crippen molar-refractivity contribution < 1.29 is 19.1 Å². The minimum atomic E-state index is -0.972. The maximum absolute atomic E-state index is 11.6. The average molecular weight is 240 g/mol. The molecule has 0 bridgehead atoms. The summed E-state index contributed by atoms with van der Waals surface area (Å²) in [5, 5.41) is 0. The number of ether oxygens (including phenoxy) is 1. The summed E-state index contributed by atoms with van der Waals surface area (Å²) in [5.41, 5.74) is 0. The third-order valence-electron chi connectivity index (χ3n) is 2.02. The molecule has 0 spiro atoms. The molecule has 0 atom stereocenters. The van der Waals surface area contributed by atoms with Crippen molar-refractivity contribution in [2.75, 3.05) is 7.11 Å². The van der Waals surface area contributed by atoms with Gasteiger partial charge in [-0.25, -0.2) is 4.79 Å². The molecule has 1 heterocycles. The van der Waals surface area contributed by atoms with E-state index >= 15 is 0 Å². The molecule has 0 fully saturated rings. The molecule has 0 N–H and O–H groups in total. The van der Waals surface area contributed by atoms with Crippen LogP contribution in [0.2, 0.25) is 0 Å². The maximum atomic E-state index is 11.6. The number of ketones is 2. The Morgan fingerprint density at radius 2 is 2.00 bits per heavy atom. The van der Waals surface area contributed by atoms with Crippen LogP contribution in [-0.2, 0) is 20.7 Å². The van der Waals surface area contributed by atoms with Gasteiger partial charge in [-0.2, -0.15) is 0 Å². The van der Waals surface area contributed by atoms with Crippen molar-refractivity contribution >= 4 is 28.9 Å². The third-order valence-corrected chi connectivity index (χ3v) is 3.29. The van der Waals surface area contributed by atoms with Crippen LogP contribution in [-0.4, -0.2) is 24.6 Å². The fraction of sp³-hybridized carbons (Fsp3) is 0.364. The summed E-state index contributed by atoms with van der Waals surface area (Å²) < 4.78 is 4.24. The van der Waals surface area contributed by atoms with E-state index in [0.29, 0.717) is 4.88 Å². The maximum Gasteiger partial charge on any atom is 0.374 e. The van der Waals surface area contributed by atoms with E-state index in [1.54, 1.807) is 6.07 Å². The Balaban J connectivity index is 2.65. The lowest BCUT2D eigenvalue weighted by Crippen LogP contribution is -2.18. The summed E-state index contributed by atoms with van der Waals surface area (Å²) >= 11 is 1.35. The monoisotopic (exact) mass is 240 g/mol. The van der Waals surface area contributed by atoms with E-state index in [1.807, 2.05) is 13.0 Å². The molecular weight excluding hydrogens is 228 g/mol. The highest BCUT2D eigenvalue weighted by Gasteiger charge is 2.20. The Bertz CT molecular complexity index is 419. The van der Waals surface area contributed by atoms with Gasteiger partial charge in [-0.05, 0) is 18.6 Å². The Morgan fingerprint density at radius 3 is 2.50 bits per heavy atom. The van der Waals surface area contributed by atoms with E-state index < -0.39 is 18.2 Å². The molecule has 0 aromatic carbocycles. The van der Waals surface area contributed by atoms with Crippen LogP contribution in [0.25, 0.3) is 0 Å². The van der Waals surface area contributed by atoms with Crippen LogP contribution in [0, 0.1) is 0 Å². The standard InChI is InChI=1S/C11H12O4S/c1-3-7-4-5-10(16-7)8(12)6-9(13)11(14)15-2/h4-5H,3,6H2,1-2H3. The first-order chi connectivity index (χ1) is 7.58. The van der Waals surface area contributed by atoms with Crippen LogP contribution in [0.4, 0.5) is 0 Å². The molecule has 0 aliphatic carbocycles. The Labute approximate surface area is 97.2 Å².